The average molecular weight is 474 g/mol. The summed E-state index contributed by atoms with van der Waals surface area (Å²) in [6.07, 6.45) is 1.09. The van der Waals surface area contributed by atoms with Gasteiger partial charge in [0.15, 0.2) is 0 Å². The van der Waals surface area contributed by atoms with Crippen LogP contribution in [0.15, 0.2) is 77.7 Å². The molecule has 32 heavy (non-hydrogen) atoms. The lowest BCUT2D eigenvalue weighted by Gasteiger charge is -2.17. The van der Waals surface area contributed by atoms with Crippen LogP contribution < -0.4 is 14.3 Å². The van der Waals surface area contributed by atoms with Gasteiger partial charge in [0.25, 0.3) is 15.9 Å². The van der Waals surface area contributed by atoms with Crippen LogP contribution in [0, 0.1) is 6.92 Å². The molecule has 0 aliphatic carbocycles. The van der Waals surface area contributed by atoms with E-state index in [1.54, 1.807) is 55.5 Å². The van der Waals surface area contributed by atoms with Crippen molar-refractivity contribution in [3.8, 4) is 0 Å². The van der Waals surface area contributed by atoms with Crippen LogP contribution in [0.4, 0.5) is 17.1 Å². The summed E-state index contributed by atoms with van der Waals surface area (Å²) in [5.74, 6) is -0.468. The Kier molecular flexibility index (Phi) is 6.56. The third-order valence-corrected chi connectivity index (χ3v) is 7.35. The number of hydrogen-bond donors (Lipinski definition) is 2. The maximum absolute atomic E-state index is 12.8. The molecule has 0 aliphatic heterocycles. The molecule has 0 bridgehead atoms. The van der Waals surface area contributed by atoms with Crippen molar-refractivity contribution in [2.24, 2.45) is 0 Å². The Morgan fingerprint density at radius 1 is 0.875 bits per heavy atom. The molecule has 1 amide bonds. The second kappa shape index (κ2) is 9.01. The Balaban J connectivity index is 1.83. The summed E-state index contributed by atoms with van der Waals surface area (Å²) in [5.41, 5.74) is 1.97. The third-order valence-electron chi connectivity index (χ3n) is 4.76. The van der Waals surface area contributed by atoms with Crippen LogP contribution >= 0.6 is 0 Å². The first kappa shape index (κ1) is 23.3. The van der Waals surface area contributed by atoms with E-state index < -0.39 is 26.0 Å². The van der Waals surface area contributed by atoms with Gasteiger partial charge in [0.1, 0.15) is 0 Å². The van der Waals surface area contributed by atoms with Gasteiger partial charge in [-0.2, -0.15) is 0 Å². The van der Waals surface area contributed by atoms with E-state index in [4.69, 9.17) is 0 Å². The van der Waals surface area contributed by atoms with Crippen molar-refractivity contribution in [1.29, 1.82) is 0 Å². The molecular weight excluding hydrogens is 450 g/mol. The molecule has 8 nitrogen and oxygen atoms in total. The Bertz CT molecular complexity index is 1360. The minimum absolute atomic E-state index is 0.112. The quantitative estimate of drug-likeness (QED) is 0.546. The van der Waals surface area contributed by atoms with E-state index in [-0.39, 0.29) is 16.1 Å². The lowest BCUT2D eigenvalue weighted by molar-refractivity contribution is 0.102. The molecule has 0 saturated carbocycles. The third kappa shape index (κ3) is 5.45. The average Bonchev–Trinajstić information content (AvgIpc) is 2.74. The van der Waals surface area contributed by atoms with Gasteiger partial charge in [-0.15, -0.1) is 0 Å². The zero-order valence-corrected chi connectivity index (χ0v) is 19.4. The lowest BCUT2D eigenvalue weighted by Crippen LogP contribution is -2.24. The number of carbonyl (C=O) groups excluding carboxylic acids is 1. The van der Waals surface area contributed by atoms with Gasteiger partial charge in [0.2, 0.25) is 10.0 Å². The number of anilines is 3. The van der Waals surface area contributed by atoms with Crippen LogP contribution in [0.25, 0.3) is 0 Å². The van der Waals surface area contributed by atoms with Crippen molar-refractivity contribution in [1.82, 2.24) is 0 Å². The number of carbonyl (C=O) groups is 1. The number of nitrogens with zero attached hydrogens (tertiary/aromatic N) is 1. The van der Waals surface area contributed by atoms with E-state index in [1.807, 2.05) is 0 Å². The number of amides is 1. The number of hydrogen-bond acceptors (Lipinski definition) is 5. The first-order valence-corrected chi connectivity index (χ1v) is 12.8. The number of aryl methyl sites for hydroxylation is 1. The van der Waals surface area contributed by atoms with Crippen molar-refractivity contribution >= 4 is 43.0 Å². The summed E-state index contributed by atoms with van der Waals surface area (Å²) < 4.78 is 52.4. The molecule has 168 valence electrons. The molecule has 2 N–H and O–H groups in total. The smallest absolute Gasteiger partial charge is 0.261 e. The van der Waals surface area contributed by atoms with Gasteiger partial charge >= 0.3 is 0 Å². The van der Waals surface area contributed by atoms with Crippen LogP contribution in [-0.2, 0) is 20.0 Å². The Hall–Kier alpha value is -3.37. The SMILES string of the molecule is Cc1ccc(C(=O)Nc2cccc(N(C)S(C)(=O)=O)c2)cc1NS(=O)(=O)c1ccccc1. The van der Waals surface area contributed by atoms with E-state index in [1.165, 1.54) is 31.3 Å². The van der Waals surface area contributed by atoms with E-state index in [9.17, 15) is 21.6 Å². The highest BCUT2D eigenvalue weighted by Crippen LogP contribution is 2.24. The molecule has 3 aromatic rings. The van der Waals surface area contributed by atoms with Crippen LogP contribution in [0.2, 0.25) is 0 Å². The Morgan fingerprint density at radius 3 is 2.22 bits per heavy atom. The fourth-order valence-electron chi connectivity index (χ4n) is 2.85. The number of nitrogens with one attached hydrogen (secondary N) is 2. The molecule has 0 aliphatic rings. The van der Waals surface area contributed by atoms with Gasteiger partial charge in [-0.25, -0.2) is 16.8 Å². The second-order valence-electron chi connectivity index (χ2n) is 7.18. The summed E-state index contributed by atoms with van der Waals surface area (Å²) in [6.45, 7) is 1.73. The van der Waals surface area contributed by atoms with Crippen molar-refractivity contribution < 1.29 is 21.6 Å². The Morgan fingerprint density at radius 2 is 1.56 bits per heavy atom. The summed E-state index contributed by atoms with van der Waals surface area (Å²) in [6, 6.07) is 19.0. The highest BCUT2D eigenvalue weighted by Gasteiger charge is 2.17. The molecule has 0 heterocycles. The summed E-state index contributed by atoms with van der Waals surface area (Å²) in [7, 11) is -5.84. The van der Waals surface area contributed by atoms with Gasteiger partial charge in [-0.3, -0.25) is 13.8 Å². The zero-order valence-electron chi connectivity index (χ0n) is 17.7. The highest BCUT2D eigenvalue weighted by molar-refractivity contribution is 7.92. The molecule has 0 spiro atoms. The highest BCUT2D eigenvalue weighted by atomic mass is 32.2. The minimum atomic E-state index is -3.81. The van der Waals surface area contributed by atoms with Crippen LogP contribution in [0.1, 0.15) is 15.9 Å². The van der Waals surface area contributed by atoms with Crippen LogP contribution in [-0.4, -0.2) is 36.0 Å². The summed E-state index contributed by atoms with van der Waals surface area (Å²) >= 11 is 0. The summed E-state index contributed by atoms with van der Waals surface area (Å²) in [4.78, 5) is 12.9. The molecule has 10 heteroatoms. The van der Waals surface area contributed by atoms with Crippen molar-refractivity contribution in [3.63, 3.8) is 0 Å². The molecule has 0 radical (unpaired) electrons. The second-order valence-corrected chi connectivity index (χ2v) is 10.9. The number of rotatable bonds is 7. The molecule has 3 aromatic carbocycles. The van der Waals surface area contributed by atoms with Gasteiger partial charge in [-0.05, 0) is 55.0 Å². The number of benzene rings is 3. The molecule has 0 fully saturated rings. The van der Waals surface area contributed by atoms with Crippen molar-refractivity contribution in [2.45, 2.75) is 11.8 Å². The van der Waals surface area contributed by atoms with E-state index >= 15 is 0 Å². The lowest BCUT2D eigenvalue weighted by atomic mass is 10.1. The topological polar surface area (TPSA) is 113 Å². The Labute approximate surface area is 188 Å². The molecule has 0 unspecified atom stereocenters. The predicted molar refractivity (Wildman–Crippen MR) is 126 cm³/mol. The standard InChI is InChI=1S/C22H23N3O5S2/c1-16-12-13-17(14-21(16)24-32(29,30)20-10-5-4-6-11-20)22(26)23-18-8-7-9-19(15-18)25(2)31(3,27)28/h4-15,24H,1-3H3,(H,23,26). The van der Waals surface area contributed by atoms with Crippen LogP contribution in [0.5, 0.6) is 0 Å². The molecular formula is C22H23N3O5S2. The maximum atomic E-state index is 12.8. The maximum Gasteiger partial charge on any atom is 0.261 e. The zero-order chi connectivity index (χ0) is 23.5. The first-order chi connectivity index (χ1) is 15.0. The van der Waals surface area contributed by atoms with E-state index in [0.29, 0.717) is 16.9 Å². The largest absolute Gasteiger partial charge is 0.322 e. The fraction of sp³-hybridized carbons (Fsp3) is 0.136. The van der Waals surface area contributed by atoms with Crippen molar-refractivity contribution in [2.75, 3.05) is 27.6 Å². The first-order valence-electron chi connectivity index (χ1n) is 9.51. The van der Waals surface area contributed by atoms with E-state index in [0.717, 1.165) is 10.6 Å². The van der Waals surface area contributed by atoms with Gasteiger partial charge in [0.05, 0.1) is 22.5 Å². The normalized spacial score (nSPS) is 11.6. The predicted octanol–water partition coefficient (Wildman–Crippen LogP) is 3.44. The minimum Gasteiger partial charge on any atom is -0.322 e. The van der Waals surface area contributed by atoms with Crippen LogP contribution in [0.3, 0.4) is 0 Å². The fourth-order valence-corrected chi connectivity index (χ4v) is 4.49. The summed E-state index contributed by atoms with van der Waals surface area (Å²) in [5, 5.41) is 2.71. The number of sulfonamides is 2. The van der Waals surface area contributed by atoms with Gasteiger partial charge in [-0.1, -0.05) is 30.3 Å². The molecule has 0 saturated heterocycles. The van der Waals surface area contributed by atoms with Crippen molar-refractivity contribution in [3.05, 3.63) is 83.9 Å². The molecule has 0 aromatic heterocycles. The van der Waals surface area contributed by atoms with Gasteiger partial charge in [0, 0.05) is 18.3 Å². The monoisotopic (exact) mass is 473 g/mol. The van der Waals surface area contributed by atoms with E-state index in [2.05, 4.69) is 10.0 Å². The molecule has 0 atom stereocenters. The molecule has 3 rings (SSSR count). The van der Waals surface area contributed by atoms with Gasteiger partial charge < -0.3 is 5.32 Å².